The summed E-state index contributed by atoms with van der Waals surface area (Å²) in [5.74, 6) is 0.789. The second kappa shape index (κ2) is 6.83. The maximum absolute atomic E-state index is 12.2. The third-order valence-electron chi connectivity index (χ3n) is 3.66. The molecule has 1 heterocycles. The standard InChI is InChI=1S/C17H18N2O3S/c1-22-13-5-3-2-4-12(13)10-18-17(21)14-8-9-15(23-14)19-16(20)11-6-7-11/h2-5,8-9,11H,6-7,10H2,1H3,(H,18,21)(H,19,20). The van der Waals surface area contributed by atoms with E-state index in [1.54, 1.807) is 19.2 Å². The molecule has 1 aliphatic carbocycles. The van der Waals surface area contributed by atoms with E-state index in [0.29, 0.717) is 16.4 Å². The number of anilines is 1. The second-order valence-electron chi connectivity index (χ2n) is 5.42. The fourth-order valence-corrected chi connectivity index (χ4v) is 3.03. The van der Waals surface area contributed by atoms with Crippen LogP contribution in [-0.2, 0) is 11.3 Å². The van der Waals surface area contributed by atoms with Crippen molar-refractivity contribution in [3.8, 4) is 5.75 Å². The number of ether oxygens (including phenoxy) is 1. The summed E-state index contributed by atoms with van der Waals surface area (Å²) in [6.45, 7) is 0.393. The molecular formula is C17H18N2O3S. The van der Waals surface area contributed by atoms with E-state index in [2.05, 4.69) is 10.6 Å². The van der Waals surface area contributed by atoms with Crippen molar-refractivity contribution in [3.05, 3.63) is 46.8 Å². The molecule has 1 aromatic heterocycles. The molecule has 3 rings (SSSR count). The molecule has 2 N–H and O–H groups in total. The largest absolute Gasteiger partial charge is 0.496 e. The van der Waals surface area contributed by atoms with Crippen LogP contribution in [0.25, 0.3) is 0 Å². The molecule has 2 aromatic rings. The number of carbonyl (C=O) groups excluding carboxylic acids is 2. The zero-order chi connectivity index (χ0) is 16.2. The summed E-state index contributed by atoms with van der Waals surface area (Å²) in [4.78, 5) is 24.5. The van der Waals surface area contributed by atoms with Crippen molar-refractivity contribution >= 4 is 28.2 Å². The number of benzene rings is 1. The number of thiophene rings is 1. The first-order valence-corrected chi connectivity index (χ1v) is 8.30. The van der Waals surface area contributed by atoms with Gasteiger partial charge in [-0.2, -0.15) is 0 Å². The van der Waals surface area contributed by atoms with Gasteiger partial charge in [0.1, 0.15) is 5.75 Å². The highest BCUT2D eigenvalue weighted by atomic mass is 32.1. The predicted octanol–water partition coefficient (Wildman–Crippen LogP) is 3.04. The van der Waals surface area contributed by atoms with E-state index in [4.69, 9.17) is 4.74 Å². The molecular weight excluding hydrogens is 312 g/mol. The van der Waals surface area contributed by atoms with E-state index in [1.807, 2.05) is 24.3 Å². The fraction of sp³-hybridized carbons (Fsp3) is 0.294. The number of rotatable bonds is 6. The van der Waals surface area contributed by atoms with Gasteiger partial charge in [0.05, 0.1) is 17.0 Å². The van der Waals surface area contributed by atoms with Crippen LogP contribution in [0, 0.1) is 5.92 Å². The zero-order valence-corrected chi connectivity index (χ0v) is 13.6. The van der Waals surface area contributed by atoms with Crippen LogP contribution in [0.1, 0.15) is 28.1 Å². The molecule has 1 aromatic carbocycles. The van der Waals surface area contributed by atoms with Gasteiger partial charge in [-0.1, -0.05) is 18.2 Å². The van der Waals surface area contributed by atoms with E-state index >= 15 is 0 Å². The third-order valence-corrected chi connectivity index (χ3v) is 4.66. The van der Waals surface area contributed by atoms with E-state index in [-0.39, 0.29) is 17.7 Å². The van der Waals surface area contributed by atoms with Gasteiger partial charge in [-0.15, -0.1) is 11.3 Å². The highest BCUT2D eigenvalue weighted by Crippen LogP contribution is 2.31. The van der Waals surface area contributed by atoms with Crippen molar-refractivity contribution in [2.45, 2.75) is 19.4 Å². The van der Waals surface area contributed by atoms with Crippen molar-refractivity contribution in [2.24, 2.45) is 5.92 Å². The summed E-state index contributed by atoms with van der Waals surface area (Å²) >= 11 is 1.28. The number of nitrogens with one attached hydrogen (secondary N) is 2. The molecule has 0 bridgehead atoms. The first-order valence-electron chi connectivity index (χ1n) is 7.48. The van der Waals surface area contributed by atoms with E-state index < -0.39 is 0 Å². The van der Waals surface area contributed by atoms with Crippen LogP contribution >= 0.6 is 11.3 Å². The Balaban J connectivity index is 1.57. The van der Waals surface area contributed by atoms with Crippen LogP contribution in [-0.4, -0.2) is 18.9 Å². The minimum Gasteiger partial charge on any atom is -0.496 e. The van der Waals surface area contributed by atoms with Gasteiger partial charge in [0.15, 0.2) is 0 Å². The van der Waals surface area contributed by atoms with Gasteiger partial charge in [-0.25, -0.2) is 0 Å². The number of hydrogen-bond acceptors (Lipinski definition) is 4. The molecule has 0 aliphatic heterocycles. The predicted molar refractivity (Wildman–Crippen MR) is 89.8 cm³/mol. The van der Waals surface area contributed by atoms with Crippen LogP contribution in [0.5, 0.6) is 5.75 Å². The second-order valence-corrected chi connectivity index (χ2v) is 6.51. The summed E-state index contributed by atoms with van der Waals surface area (Å²) in [5.41, 5.74) is 0.919. The molecule has 5 nitrogen and oxygen atoms in total. The summed E-state index contributed by atoms with van der Waals surface area (Å²) in [5, 5.41) is 6.43. The monoisotopic (exact) mass is 330 g/mol. The zero-order valence-electron chi connectivity index (χ0n) is 12.8. The lowest BCUT2D eigenvalue weighted by molar-refractivity contribution is -0.117. The van der Waals surface area contributed by atoms with Crippen molar-refractivity contribution in [1.82, 2.24) is 5.32 Å². The highest BCUT2D eigenvalue weighted by molar-refractivity contribution is 7.18. The first-order chi connectivity index (χ1) is 11.2. The topological polar surface area (TPSA) is 67.4 Å². The molecule has 0 radical (unpaired) electrons. The number of carbonyl (C=O) groups is 2. The minimum atomic E-state index is -0.159. The molecule has 0 atom stereocenters. The number of amides is 2. The summed E-state index contributed by atoms with van der Waals surface area (Å²) in [6.07, 6.45) is 1.92. The molecule has 0 spiro atoms. The lowest BCUT2D eigenvalue weighted by Crippen LogP contribution is -2.22. The van der Waals surface area contributed by atoms with E-state index in [0.717, 1.165) is 24.2 Å². The number of hydrogen-bond donors (Lipinski definition) is 2. The average Bonchev–Trinajstić information content (AvgIpc) is 3.33. The minimum absolute atomic E-state index is 0.0489. The molecule has 1 aliphatic rings. The highest BCUT2D eigenvalue weighted by Gasteiger charge is 2.29. The van der Waals surface area contributed by atoms with Crippen LogP contribution in [0.15, 0.2) is 36.4 Å². The van der Waals surface area contributed by atoms with Crippen LogP contribution in [0.2, 0.25) is 0 Å². The molecule has 1 fully saturated rings. The Bertz CT molecular complexity index is 722. The van der Waals surface area contributed by atoms with Gasteiger partial charge >= 0.3 is 0 Å². The Morgan fingerprint density at radius 1 is 1.22 bits per heavy atom. The first kappa shape index (κ1) is 15.6. The Kier molecular flexibility index (Phi) is 4.62. The lowest BCUT2D eigenvalue weighted by atomic mass is 10.2. The number of methoxy groups -OCH3 is 1. The Morgan fingerprint density at radius 2 is 2.00 bits per heavy atom. The molecule has 6 heteroatoms. The van der Waals surface area contributed by atoms with E-state index in [1.165, 1.54) is 11.3 Å². The smallest absolute Gasteiger partial charge is 0.261 e. The molecule has 2 amide bonds. The van der Waals surface area contributed by atoms with Gasteiger partial charge in [0.2, 0.25) is 5.91 Å². The van der Waals surface area contributed by atoms with Gasteiger partial charge in [-0.05, 0) is 31.0 Å². The van der Waals surface area contributed by atoms with Gasteiger partial charge in [-0.3, -0.25) is 9.59 Å². The summed E-state index contributed by atoms with van der Waals surface area (Å²) in [6, 6.07) is 11.1. The number of para-hydroxylation sites is 1. The van der Waals surface area contributed by atoms with Gasteiger partial charge in [0.25, 0.3) is 5.91 Å². The molecule has 120 valence electrons. The SMILES string of the molecule is COc1ccccc1CNC(=O)c1ccc(NC(=O)C2CC2)s1. The Hall–Kier alpha value is -2.34. The Morgan fingerprint density at radius 3 is 2.74 bits per heavy atom. The maximum atomic E-state index is 12.2. The normalized spacial score (nSPS) is 13.4. The van der Waals surface area contributed by atoms with Crippen molar-refractivity contribution < 1.29 is 14.3 Å². The molecule has 23 heavy (non-hydrogen) atoms. The lowest BCUT2D eigenvalue weighted by Gasteiger charge is -2.08. The van der Waals surface area contributed by atoms with Crippen molar-refractivity contribution in [1.29, 1.82) is 0 Å². The van der Waals surface area contributed by atoms with Crippen LogP contribution in [0.4, 0.5) is 5.00 Å². The van der Waals surface area contributed by atoms with Crippen molar-refractivity contribution in [2.75, 3.05) is 12.4 Å². The Labute approximate surface area is 138 Å². The third kappa shape index (κ3) is 3.90. The van der Waals surface area contributed by atoms with Gasteiger partial charge < -0.3 is 15.4 Å². The quantitative estimate of drug-likeness (QED) is 0.855. The summed E-state index contributed by atoms with van der Waals surface area (Å²) in [7, 11) is 1.61. The van der Waals surface area contributed by atoms with Crippen LogP contribution < -0.4 is 15.4 Å². The van der Waals surface area contributed by atoms with Crippen LogP contribution in [0.3, 0.4) is 0 Å². The maximum Gasteiger partial charge on any atom is 0.261 e. The average molecular weight is 330 g/mol. The molecule has 0 unspecified atom stereocenters. The molecule has 0 saturated heterocycles. The van der Waals surface area contributed by atoms with Gasteiger partial charge in [0, 0.05) is 18.0 Å². The molecule has 1 saturated carbocycles. The fourth-order valence-electron chi connectivity index (χ4n) is 2.21. The van der Waals surface area contributed by atoms with E-state index in [9.17, 15) is 9.59 Å². The summed E-state index contributed by atoms with van der Waals surface area (Å²) < 4.78 is 5.26. The van der Waals surface area contributed by atoms with Crippen molar-refractivity contribution in [3.63, 3.8) is 0 Å².